The predicted octanol–water partition coefficient (Wildman–Crippen LogP) is 3.87. The maximum absolute atomic E-state index is 13.2. The van der Waals surface area contributed by atoms with Crippen LogP contribution in [-0.2, 0) is 6.54 Å². The van der Waals surface area contributed by atoms with Gasteiger partial charge in [-0.1, -0.05) is 18.2 Å². The highest BCUT2D eigenvalue weighted by atomic mass is 16.2. The number of amides is 1. The third-order valence-electron chi connectivity index (χ3n) is 6.18. The van der Waals surface area contributed by atoms with Gasteiger partial charge < -0.3 is 4.90 Å². The molecule has 0 saturated carbocycles. The first-order valence-corrected chi connectivity index (χ1v) is 11.4. The first-order valence-electron chi connectivity index (χ1n) is 11.4. The second-order valence-corrected chi connectivity index (χ2v) is 8.87. The molecule has 0 bridgehead atoms. The Kier molecular flexibility index (Phi) is 5.54. The van der Waals surface area contributed by atoms with Gasteiger partial charge >= 0.3 is 0 Å². The summed E-state index contributed by atoms with van der Waals surface area (Å²) in [6.45, 7) is 6.04. The van der Waals surface area contributed by atoms with E-state index in [2.05, 4.69) is 16.1 Å². The molecule has 2 aromatic heterocycles. The highest BCUT2D eigenvalue weighted by Gasteiger charge is 2.18. The van der Waals surface area contributed by atoms with E-state index in [9.17, 15) is 9.59 Å². The Morgan fingerprint density at radius 2 is 1.76 bits per heavy atom. The number of benzene rings is 2. The second-order valence-electron chi connectivity index (χ2n) is 8.87. The van der Waals surface area contributed by atoms with Crippen molar-refractivity contribution in [2.75, 3.05) is 13.1 Å². The molecule has 0 atom stereocenters. The largest absolute Gasteiger partial charge is 0.339 e. The molecule has 3 heterocycles. The summed E-state index contributed by atoms with van der Waals surface area (Å²) < 4.78 is 3.28. The van der Waals surface area contributed by atoms with E-state index in [1.165, 1.54) is 6.42 Å². The minimum absolute atomic E-state index is 0.0622. The van der Waals surface area contributed by atoms with Gasteiger partial charge in [0, 0.05) is 18.7 Å². The summed E-state index contributed by atoms with van der Waals surface area (Å²) in [5, 5.41) is 4.91. The Morgan fingerprint density at radius 1 is 1.00 bits per heavy atom. The molecule has 7 nitrogen and oxygen atoms in total. The number of likely N-dealkylation sites (tertiary alicyclic amines) is 1. The molecule has 0 aliphatic carbocycles. The van der Waals surface area contributed by atoms with Crippen molar-refractivity contribution in [1.82, 2.24) is 24.2 Å². The van der Waals surface area contributed by atoms with Crippen LogP contribution in [0.5, 0.6) is 0 Å². The minimum atomic E-state index is -0.150. The Hall–Kier alpha value is -3.74. The van der Waals surface area contributed by atoms with E-state index >= 15 is 0 Å². The van der Waals surface area contributed by atoms with Crippen LogP contribution >= 0.6 is 0 Å². The highest BCUT2D eigenvalue weighted by molar-refractivity contribution is 5.94. The number of fused-ring (bicyclic) bond motifs is 1. The number of hydrogen-bond donors (Lipinski definition) is 0. The van der Waals surface area contributed by atoms with E-state index in [4.69, 9.17) is 0 Å². The molecule has 1 saturated heterocycles. The third-order valence-corrected chi connectivity index (χ3v) is 6.18. The van der Waals surface area contributed by atoms with Crippen LogP contribution in [0.2, 0.25) is 0 Å². The predicted molar refractivity (Wildman–Crippen MR) is 128 cm³/mol. The highest BCUT2D eigenvalue weighted by Crippen LogP contribution is 2.18. The zero-order valence-electron chi connectivity index (χ0n) is 19.0. The molecule has 2 aromatic carbocycles. The van der Waals surface area contributed by atoms with Gasteiger partial charge in [0.25, 0.3) is 11.5 Å². The van der Waals surface area contributed by atoms with Crippen LogP contribution in [0.1, 0.15) is 46.3 Å². The van der Waals surface area contributed by atoms with E-state index in [1.54, 1.807) is 21.8 Å². The Morgan fingerprint density at radius 3 is 2.52 bits per heavy atom. The molecular formula is C26H27N5O2. The number of rotatable bonds is 4. The van der Waals surface area contributed by atoms with Gasteiger partial charge in [-0.3, -0.25) is 14.2 Å². The van der Waals surface area contributed by atoms with Gasteiger partial charge in [-0.15, -0.1) is 0 Å². The molecule has 1 aliphatic heterocycles. The number of aryl methyl sites for hydroxylation is 2. The normalized spacial score (nSPS) is 14.1. The lowest BCUT2D eigenvalue weighted by Crippen LogP contribution is -2.35. The Balaban J connectivity index is 1.44. The van der Waals surface area contributed by atoms with Crippen molar-refractivity contribution in [1.29, 1.82) is 0 Å². The van der Waals surface area contributed by atoms with Gasteiger partial charge in [0.2, 0.25) is 0 Å². The topological polar surface area (TPSA) is 73.0 Å². The van der Waals surface area contributed by atoms with Crippen molar-refractivity contribution in [3.8, 4) is 5.69 Å². The summed E-state index contributed by atoms with van der Waals surface area (Å²) in [5.74, 6) is 0.0622. The SMILES string of the molecule is Cc1cc(C)cc(-n2ncc3c(=O)n(Cc4cccc(C(=O)N5CCCCC5)c4)cnc32)c1. The van der Waals surface area contributed by atoms with Crippen molar-refractivity contribution in [3.05, 3.63) is 87.6 Å². The number of piperidine rings is 1. The van der Waals surface area contributed by atoms with Gasteiger partial charge in [0.1, 0.15) is 11.7 Å². The first-order chi connectivity index (χ1) is 16.0. The molecule has 4 aromatic rings. The molecule has 1 fully saturated rings. The summed E-state index contributed by atoms with van der Waals surface area (Å²) in [7, 11) is 0. The fourth-order valence-electron chi connectivity index (χ4n) is 4.60. The van der Waals surface area contributed by atoms with E-state index in [0.717, 1.165) is 48.3 Å². The van der Waals surface area contributed by atoms with Crippen molar-refractivity contribution >= 4 is 16.9 Å². The van der Waals surface area contributed by atoms with Crippen molar-refractivity contribution < 1.29 is 4.79 Å². The van der Waals surface area contributed by atoms with Crippen molar-refractivity contribution in [3.63, 3.8) is 0 Å². The van der Waals surface area contributed by atoms with Crippen LogP contribution in [-0.4, -0.2) is 43.2 Å². The molecule has 1 amide bonds. The maximum Gasteiger partial charge on any atom is 0.264 e. The lowest BCUT2D eigenvalue weighted by molar-refractivity contribution is 0.0724. The zero-order chi connectivity index (χ0) is 22.9. The van der Waals surface area contributed by atoms with Gasteiger partial charge in [0.05, 0.1) is 18.4 Å². The quantitative estimate of drug-likeness (QED) is 0.482. The molecule has 0 radical (unpaired) electrons. The van der Waals surface area contributed by atoms with Crippen LogP contribution in [0.25, 0.3) is 16.7 Å². The van der Waals surface area contributed by atoms with E-state index in [1.807, 2.05) is 55.1 Å². The zero-order valence-corrected chi connectivity index (χ0v) is 19.0. The van der Waals surface area contributed by atoms with Gasteiger partial charge in [-0.05, 0) is 74.1 Å². The fraction of sp³-hybridized carbons (Fsp3) is 0.308. The van der Waals surface area contributed by atoms with Gasteiger partial charge in [-0.25, -0.2) is 9.67 Å². The average molecular weight is 442 g/mol. The Bertz CT molecular complexity index is 1380. The smallest absolute Gasteiger partial charge is 0.264 e. The summed E-state index contributed by atoms with van der Waals surface area (Å²) in [5.41, 5.74) is 5.08. The van der Waals surface area contributed by atoms with Crippen LogP contribution in [0.15, 0.2) is 59.8 Å². The second kappa shape index (κ2) is 8.65. The van der Waals surface area contributed by atoms with E-state index in [-0.39, 0.29) is 11.5 Å². The van der Waals surface area contributed by atoms with Crippen LogP contribution < -0.4 is 5.56 Å². The molecular weight excluding hydrogens is 414 g/mol. The molecule has 0 spiro atoms. The van der Waals surface area contributed by atoms with Gasteiger partial charge in [0.15, 0.2) is 5.65 Å². The minimum Gasteiger partial charge on any atom is -0.339 e. The standard InChI is InChI=1S/C26H27N5O2/c1-18-11-19(2)13-22(12-18)31-24-23(15-28-31)26(33)30(17-27-24)16-20-7-6-8-21(14-20)25(32)29-9-4-3-5-10-29/h6-8,11-15,17H,3-5,9-10,16H2,1-2H3. The van der Waals surface area contributed by atoms with Crippen molar-refractivity contribution in [2.45, 2.75) is 39.7 Å². The maximum atomic E-state index is 13.2. The molecule has 5 rings (SSSR count). The van der Waals surface area contributed by atoms with Crippen LogP contribution in [0.4, 0.5) is 0 Å². The molecule has 0 N–H and O–H groups in total. The Labute approximate surface area is 192 Å². The number of nitrogens with zero attached hydrogens (tertiary/aromatic N) is 5. The lowest BCUT2D eigenvalue weighted by Gasteiger charge is -2.26. The summed E-state index contributed by atoms with van der Waals surface area (Å²) in [6.07, 6.45) is 6.44. The summed E-state index contributed by atoms with van der Waals surface area (Å²) in [4.78, 5) is 32.5. The molecule has 1 aliphatic rings. The van der Waals surface area contributed by atoms with E-state index in [0.29, 0.717) is 23.1 Å². The molecule has 7 heteroatoms. The average Bonchev–Trinajstić information content (AvgIpc) is 3.26. The first kappa shape index (κ1) is 21.1. The lowest BCUT2D eigenvalue weighted by atomic mass is 10.1. The third kappa shape index (κ3) is 4.18. The number of carbonyl (C=O) groups is 1. The molecule has 168 valence electrons. The monoisotopic (exact) mass is 441 g/mol. The van der Waals surface area contributed by atoms with Crippen LogP contribution in [0, 0.1) is 13.8 Å². The van der Waals surface area contributed by atoms with Crippen molar-refractivity contribution in [2.24, 2.45) is 0 Å². The van der Waals surface area contributed by atoms with Crippen LogP contribution in [0.3, 0.4) is 0 Å². The van der Waals surface area contributed by atoms with E-state index < -0.39 is 0 Å². The molecule has 33 heavy (non-hydrogen) atoms. The summed E-state index contributed by atoms with van der Waals surface area (Å²) in [6, 6.07) is 13.7. The fourth-order valence-corrected chi connectivity index (χ4v) is 4.60. The van der Waals surface area contributed by atoms with Gasteiger partial charge in [-0.2, -0.15) is 5.10 Å². The summed E-state index contributed by atoms with van der Waals surface area (Å²) >= 11 is 0. The number of aromatic nitrogens is 4. The number of hydrogen-bond acceptors (Lipinski definition) is 4. The number of carbonyl (C=O) groups excluding carboxylic acids is 1. The molecule has 0 unspecified atom stereocenters.